The summed E-state index contributed by atoms with van der Waals surface area (Å²) in [6.07, 6.45) is 23.4. The number of unbranched alkanes of at least 4 members (excludes halogenated alkanes) is 12. The molecular weight excluding hydrogens is 264 g/mol. The lowest BCUT2D eigenvalue weighted by atomic mass is 9.94. The van der Waals surface area contributed by atoms with E-state index in [1.54, 1.807) is 0 Å². The highest BCUT2D eigenvalue weighted by atomic mass is 14.1. The highest BCUT2D eigenvalue weighted by Gasteiger charge is 2.03. The molecule has 0 bridgehead atoms. The zero-order valence-corrected chi connectivity index (χ0v) is 16.5. The second kappa shape index (κ2) is 17.4. The molecule has 1 unspecified atom stereocenters. The number of hydrogen-bond donors (Lipinski definition) is 0. The Morgan fingerprint density at radius 1 is 0.455 bits per heavy atom. The Labute approximate surface area is 142 Å². The van der Waals surface area contributed by atoms with E-state index in [-0.39, 0.29) is 0 Å². The summed E-state index contributed by atoms with van der Waals surface area (Å²) in [6.45, 7) is 9.44. The Hall–Kier alpha value is 0. The van der Waals surface area contributed by atoms with Crippen molar-refractivity contribution in [3.05, 3.63) is 0 Å². The molecule has 22 heavy (non-hydrogen) atoms. The first kappa shape index (κ1) is 22.0. The van der Waals surface area contributed by atoms with Gasteiger partial charge in [0.25, 0.3) is 0 Å². The Kier molecular flexibility index (Phi) is 17.4. The molecule has 0 rings (SSSR count). The molecule has 0 fully saturated rings. The molecule has 1 atom stereocenters. The Balaban J connectivity index is 3.08. The van der Waals surface area contributed by atoms with Crippen molar-refractivity contribution < 1.29 is 0 Å². The van der Waals surface area contributed by atoms with Gasteiger partial charge < -0.3 is 0 Å². The SMILES string of the molecule is CCCCCCCCCCCCCCCC(C)CCC(C)C. The van der Waals surface area contributed by atoms with E-state index in [9.17, 15) is 0 Å². The lowest BCUT2D eigenvalue weighted by Gasteiger charge is -2.12. The molecular formula is C22H46. The Morgan fingerprint density at radius 2 is 0.864 bits per heavy atom. The van der Waals surface area contributed by atoms with Gasteiger partial charge >= 0.3 is 0 Å². The summed E-state index contributed by atoms with van der Waals surface area (Å²) in [5, 5.41) is 0. The molecule has 0 radical (unpaired) electrons. The van der Waals surface area contributed by atoms with E-state index in [4.69, 9.17) is 0 Å². The zero-order chi connectivity index (χ0) is 16.5. The van der Waals surface area contributed by atoms with Gasteiger partial charge in [-0.15, -0.1) is 0 Å². The summed E-state index contributed by atoms with van der Waals surface area (Å²) in [5.74, 6) is 1.84. The third-order valence-corrected chi connectivity index (χ3v) is 5.04. The minimum absolute atomic E-state index is 0.883. The van der Waals surface area contributed by atoms with E-state index in [0.29, 0.717) is 0 Å². The van der Waals surface area contributed by atoms with Crippen LogP contribution in [0, 0.1) is 11.8 Å². The Bertz CT molecular complexity index is 194. The van der Waals surface area contributed by atoms with Crippen LogP contribution in [0.1, 0.15) is 130 Å². The first-order valence-electron chi connectivity index (χ1n) is 10.7. The fourth-order valence-electron chi connectivity index (χ4n) is 3.27. The van der Waals surface area contributed by atoms with Crippen molar-refractivity contribution >= 4 is 0 Å². The van der Waals surface area contributed by atoms with Gasteiger partial charge in [0.05, 0.1) is 0 Å². The maximum atomic E-state index is 2.45. The van der Waals surface area contributed by atoms with E-state index in [2.05, 4.69) is 27.7 Å². The molecule has 0 spiro atoms. The van der Waals surface area contributed by atoms with Crippen LogP contribution in [0.15, 0.2) is 0 Å². The predicted octanol–water partition coefficient (Wildman–Crippen LogP) is 8.54. The maximum absolute atomic E-state index is 2.45. The van der Waals surface area contributed by atoms with Gasteiger partial charge in [0, 0.05) is 0 Å². The molecule has 0 N–H and O–H groups in total. The third-order valence-electron chi connectivity index (χ3n) is 5.04. The number of rotatable bonds is 17. The van der Waals surface area contributed by atoms with E-state index >= 15 is 0 Å². The fourth-order valence-corrected chi connectivity index (χ4v) is 3.27. The van der Waals surface area contributed by atoms with E-state index in [1.807, 2.05) is 0 Å². The lowest BCUT2D eigenvalue weighted by molar-refractivity contribution is 0.409. The van der Waals surface area contributed by atoms with Crippen molar-refractivity contribution in [1.29, 1.82) is 0 Å². The van der Waals surface area contributed by atoms with Gasteiger partial charge in [-0.3, -0.25) is 0 Å². The summed E-state index contributed by atoms with van der Waals surface area (Å²) in [5.41, 5.74) is 0. The van der Waals surface area contributed by atoms with Crippen LogP contribution in [0.5, 0.6) is 0 Å². The standard InChI is InChI=1S/C22H46/c1-5-6-7-8-9-10-11-12-13-14-15-16-17-18-22(4)20-19-21(2)3/h21-22H,5-20H2,1-4H3. The van der Waals surface area contributed by atoms with Gasteiger partial charge in [-0.2, -0.15) is 0 Å². The maximum Gasteiger partial charge on any atom is -0.0443 e. The fraction of sp³-hybridized carbons (Fsp3) is 1.00. The predicted molar refractivity (Wildman–Crippen MR) is 104 cm³/mol. The van der Waals surface area contributed by atoms with Crippen LogP contribution >= 0.6 is 0 Å². The molecule has 0 aliphatic carbocycles. The second-order valence-electron chi connectivity index (χ2n) is 8.11. The molecule has 0 aliphatic rings. The van der Waals surface area contributed by atoms with E-state index in [0.717, 1.165) is 11.8 Å². The van der Waals surface area contributed by atoms with Crippen LogP contribution in [0.3, 0.4) is 0 Å². The molecule has 0 aliphatic heterocycles. The van der Waals surface area contributed by atoms with Gasteiger partial charge in [0.1, 0.15) is 0 Å². The molecule has 0 saturated heterocycles. The third kappa shape index (κ3) is 18.1. The van der Waals surface area contributed by atoms with Crippen molar-refractivity contribution in [3.63, 3.8) is 0 Å². The van der Waals surface area contributed by atoms with Gasteiger partial charge in [0.15, 0.2) is 0 Å². The topological polar surface area (TPSA) is 0 Å². The van der Waals surface area contributed by atoms with Crippen LogP contribution in [-0.4, -0.2) is 0 Å². The summed E-state index contributed by atoms with van der Waals surface area (Å²) in [4.78, 5) is 0. The lowest BCUT2D eigenvalue weighted by Crippen LogP contribution is -1.98. The van der Waals surface area contributed by atoms with Crippen molar-refractivity contribution in [2.75, 3.05) is 0 Å². The van der Waals surface area contributed by atoms with Crippen molar-refractivity contribution in [3.8, 4) is 0 Å². The molecule has 0 nitrogen and oxygen atoms in total. The van der Waals surface area contributed by atoms with Gasteiger partial charge in [-0.05, 0) is 11.8 Å². The molecule has 0 amide bonds. The van der Waals surface area contributed by atoms with Crippen LogP contribution in [0.2, 0.25) is 0 Å². The van der Waals surface area contributed by atoms with Crippen LogP contribution in [-0.2, 0) is 0 Å². The van der Waals surface area contributed by atoms with Gasteiger partial charge in [-0.25, -0.2) is 0 Å². The Morgan fingerprint density at radius 3 is 1.27 bits per heavy atom. The highest BCUT2D eigenvalue weighted by Crippen LogP contribution is 2.19. The summed E-state index contributed by atoms with van der Waals surface area (Å²) in [6, 6.07) is 0. The minimum Gasteiger partial charge on any atom is -0.0654 e. The molecule has 0 heteroatoms. The molecule has 0 aromatic heterocycles. The summed E-state index contributed by atoms with van der Waals surface area (Å²) < 4.78 is 0. The largest absolute Gasteiger partial charge is 0.0654 e. The average molecular weight is 311 g/mol. The summed E-state index contributed by atoms with van der Waals surface area (Å²) >= 11 is 0. The van der Waals surface area contributed by atoms with E-state index < -0.39 is 0 Å². The van der Waals surface area contributed by atoms with Crippen molar-refractivity contribution in [2.45, 2.75) is 130 Å². The number of hydrogen-bond acceptors (Lipinski definition) is 0. The normalized spacial score (nSPS) is 13.0. The van der Waals surface area contributed by atoms with Crippen molar-refractivity contribution in [1.82, 2.24) is 0 Å². The summed E-state index contributed by atoms with van der Waals surface area (Å²) in [7, 11) is 0. The molecule has 0 heterocycles. The van der Waals surface area contributed by atoms with Gasteiger partial charge in [0.2, 0.25) is 0 Å². The highest BCUT2D eigenvalue weighted by molar-refractivity contribution is 4.56. The first-order chi connectivity index (χ1) is 10.7. The van der Waals surface area contributed by atoms with Crippen LogP contribution in [0.25, 0.3) is 0 Å². The van der Waals surface area contributed by atoms with Crippen LogP contribution in [0.4, 0.5) is 0 Å². The monoisotopic (exact) mass is 310 g/mol. The molecule has 0 aromatic rings. The average Bonchev–Trinajstić information content (AvgIpc) is 2.49. The zero-order valence-electron chi connectivity index (χ0n) is 16.5. The first-order valence-corrected chi connectivity index (χ1v) is 10.7. The molecule has 0 aromatic carbocycles. The minimum atomic E-state index is 0.883. The molecule has 0 saturated carbocycles. The second-order valence-corrected chi connectivity index (χ2v) is 8.11. The quantitative estimate of drug-likeness (QED) is 0.236. The smallest absolute Gasteiger partial charge is 0.0443 e. The van der Waals surface area contributed by atoms with E-state index in [1.165, 1.54) is 103 Å². The van der Waals surface area contributed by atoms with Gasteiger partial charge in [-0.1, -0.05) is 130 Å². The van der Waals surface area contributed by atoms with Crippen LogP contribution < -0.4 is 0 Å². The van der Waals surface area contributed by atoms with Crippen molar-refractivity contribution in [2.24, 2.45) is 11.8 Å². The molecule has 134 valence electrons.